The molecule has 0 spiro atoms. The minimum Gasteiger partial charge on any atom is -0.480 e. The number of benzene rings is 1. The van der Waals surface area contributed by atoms with Gasteiger partial charge in [0.25, 0.3) is 0 Å². The predicted molar refractivity (Wildman–Crippen MR) is 64.8 cm³/mol. The van der Waals surface area contributed by atoms with Crippen molar-refractivity contribution in [3.05, 3.63) is 35.4 Å². The maximum absolute atomic E-state index is 11.6. The molecule has 1 rings (SSSR count). The Morgan fingerprint density at radius 2 is 1.82 bits per heavy atom. The van der Waals surface area contributed by atoms with Gasteiger partial charge in [0.05, 0.1) is 0 Å². The normalized spacial score (nSPS) is 10.0. The first-order valence-corrected chi connectivity index (χ1v) is 5.50. The van der Waals surface area contributed by atoms with Crippen LogP contribution in [0, 0.1) is 6.92 Å². The summed E-state index contributed by atoms with van der Waals surface area (Å²) in [6, 6.07) is 7.97. The molecule has 1 amide bonds. The molecule has 0 radical (unpaired) electrons. The molecule has 0 aliphatic carbocycles. The predicted octanol–water partition coefficient (Wildman–Crippen LogP) is 1.47. The minimum absolute atomic E-state index is 0.145. The summed E-state index contributed by atoms with van der Waals surface area (Å²) in [6.07, 6.45) is 0.982. The molecular formula is C13H17NO3. The summed E-state index contributed by atoms with van der Waals surface area (Å²) in [4.78, 5) is 23.2. The number of likely N-dealkylation sites (N-methyl/N-ethyl adjacent to an activating group) is 1. The van der Waals surface area contributed by atoms with Crippen LogP contribution in [0.1, 0.15) is 17.5 Å². The van der Waals surface area contributed by atoms with Gasteiger partial charge < -0.3 is 10.0 Å². The molecule has 1 aromatic rings. The number of hydrogen-bond acceptors (Lipinski definition) is 2. The van der Waals surface area contributed by atoms with E-state index in [4.69, 9.17) is 5.11 Å². The van der Waals surface area contributed by atoms with Crippen molar-refractivity contribution in [3.63, 3.8) is 0 Å². The van der Waals surface area contributed by atoms with Gasteiger partial charge in [-0.2, -0.15) is 0 Å². The lowest BCUT2D eigenvalue weighted by Crippen LogP contribution is -2.32. The second-order valence-electron chi connectivity index (χ2n) is 4.13. The fraction of sp³-hybridized carbons (Fsp3) is 0.385. The van der Waals surface area contributed by atoms with Crippen LogP contribution >= 0.6 is 0 Å². The third-order valence-electron chi connectivity index (χ3n) is 2.55. The number of carboxylic acid groups (broad SMARTS) is 1. The summed E-state index contributed by atoms with van der Waals surface area (Å²) >= 11 is 0. The van der Waals surface area contributed by atoms with Gasteiger partial charge in [-0.1, -0.05) is 29.8 Å². The van der Waals surface area contributed by atoms with Gasteiger partial charge in [0, 0.05) is 13.5 Å². The SMILES string of the molecule is Cc1ccc(CCC(=O)N(C)CC(=O)O)cc1. The fourth-order valence-corrected chi connectivity index (χ4v) is 1.49. The molecule has 92 valence electrons. The van der Waals surface area contributed by atoms with Gasteiger partial charge in [0.2, 0.25) is 5.91 Å². The Morgan fingerprint density at radius 1 is 1.24 bits per heavy atom. The lowest BCUT2D eigenvalue weighted by Gasteiger charge is -2.14. The van der Waals surface area contributed by atoms with Crippen molar-refractivity contribution in [1.82, 2.24) is 4.90 Å². The van der Waals surface area contributed by atoms with Crippen molar-refractivity contribution < 1.29 is 14.7 Å². The first kappa shape index (κ1) is 13.2. The van der Waals surface area contributed by atoms with Gasteiger partial charge in [-0.3, -0.25) is 9.59 Å². The van der Waals surface area contributed by atoms with E-state index in [2.05, 4.69) is 0 Å². The Labute approximate surface area is 101 Å². The van der Waals surface area contributed by atoms with Crippen molar-refractivity contribution in [2.24, 2.45) is 0 Å². The average molecular weight is 235 g/mol. The van der Waals surface area contributed by atoms with E-state index in [1.807, 2.05) is 31.2 Å². The summed E-state index contributed by atoms with van der Waals surface area (Å²) in [5.41, 5.74) is 2.27. The molecule has 0 unspecified atom stereocenters. The monoisotopic (exact) mass is 235 g/mol. The smallest absolute Gasteiger partial charge is 0.323 e. The van der Waals surface area contributed by atoms with Crippen LogP contribution in [0.25, 0.3) is 0 Å². The summed E-state index contributed by atoms with van der Waals surface area (Å²) in [6.45, 7) is 1.77. The van der Waals surface area contributed by atoms with E-state index in [1.54, 1.807) is 0 Å². The molecule has 0 bridgehead atoms. The Hall–Kier alpha value is -1.84. The van der Waals surface area contributed by atoms with E-state index < -0.39 is 5.97 Å². The van der Waals surface area contributed by atoms with E-state index in [0.29, 0.717) is 12.8 Å². The molecule has 4 nitrogen and oxygen atoms in total. The van der Waals surface area contributed by atoms with Crippen molar-refractivity contribution in [1.29, 1.82) is 0 Å². The molecule has 0 heterocycles. The molecule has 0 saturated heterocycles. The highest BCUT2D eigenvalue weighted by atomic mass is 16.4. The van der Waals surface area contributed by atoms with E-state index in [9.17, 15) is 9.59 Å². The summed E-state index contributed by atoms with van der Waals surface area (Å²) in [5, 5.41) is 8.55. The third-order valence-corrected chi connectivity index (χ3v) is 2.55. The van der Waals surface area contributed by atoms with E-state index >= 15 is 0 Å². The quantitative estimate of drug-likeness (QED) is 0.840. The molecule has 0 aliphatic heterocycles. The minimum atomic E-state index is -0.990. The maximum atomic E-state index is 11.6. The number of amides is 1. The van der Waals surface area contributed by atoms with Crippen LogP contribution < -0.4 is 0 Å². The zero-order valence-corrected chi connectivity index (χ0v) is 10.1. The Bertz CT molecular complexity index is 398. The van der Waals surface area contributed by atoms with Gasteiger partial charge >= 0.3 is 5.97 Å². The topological polar surface area (TPSA) is 57.6 Å². The maximum Gasteiger partial charge on any atom is 0.323 e. The molecule has 0 atom stereocenters. The van der Waals surface area contributed by atoms with Crippen molar-refractivity contribution in [2.45, 2.75) is 19.8 Å². The number of carbonyl (C=O) groups is 2. The zero-order valence-electron chi connectivity index (χ0n) is 10.1. The van der Waals surface area contributed by atoms with E-state index in [0.717, 1.165) is 5.56 Å². The molecule has 0 fully saturated rings. The third kappa shape index (κ3) is 4.68. The molecule has 0 aromatic heterocycles. The summed E-state index contributed by atoms with van der Waals surface area (Å²) in [7, 11) is 1.51. The fourth-order valence-electron chi connectivity index (χ4n) is 1.49. The molecule has 4 heteroatoms. The standard InChI is InChI=1S/C13H17NO3/c1-10-3-5-11(6-4-10)7-8-12(15)14(2)9-13(16)17/h3-6H,7-9H2,1-2H3,(H,16,17). The van der Waals surface area contributed by atoms with Crippen LogP contribution in [0.4, 0.5) is 0 Å². The summed E-state index contributed by atoms with van der Waals surface area (Å²) < 4.78 is 0. The molecule has 0 aliphatic rings. The molecular weight excluding hydrogens is 218 g/mol. The number of carboxylic acids is 1. The molecule has 1 N–H and O–H groups in total. The average Bonchev–Trinajstić information content (AvgIpc) is 2.27. The second kappa shape index (κ2) is 6.03. The molecule has 0 saturated carbocycles. The number of rotatable bonds is 5. The van der Waals surface area contributed by atoms with Gasteiger partial charge in [-0.15, -0.1) is 0 Å². The number of hydrogen-bond donors (Lipinski definition) is 1. The van der Waals surface area contributed by atoms with Crippen LogP contribution in [0.2, 0.25) is 0 Å². The highest BCUT2D eigenvalue weighted by molar-refractivity contribution is 5.81. The van der Waals surface area contributed by atoms with Gasteiger partial charge in [0.15, 0.2) is 0 Å². The molecule has 17 heavy (non-hydrogen) atoms. The van der Waals surface area contributed by atoms with Crippen LogP contribution in [0.15, 0.2) is 24.3 Å². The highest BCUT2D eigenvalue weighted by Crippen LogP contribution is 2.06. The van der Waals surface area contributed by atoms with Crippen molar-refractivity contribution in [3.8, 4) is 0 Å². The van der Waals surface area contributed by atoms with E-state index in [-0.39, 0.29) is 12.5 Å². The lowest BCUT2D eigenvalue weighted by atomic mass is 10.1. The van der Waals surface area contributed by atoms with Crippen LogP contribution in [-0.4, -0.2) is 35.5 Å². The first-order chi connectivity index (χ1) is 7.99. The summed E-state index contributed by atoms with van der Waals surface area (Å²) in [5.74, 6) is -1.14. The van der Waals surface area contributed by atoms with Crippen LogP contribution in [0.5, 0.6) is 0 Å². The van der Waals surface area contributed by atoms with Crippen molar-refractivity contribution >= 4 is 11.9 Å². The van der Waals surface area contributed by atoms with Crippen LogP contribution in [-0.2, 0) is 16.0 Å². The largest absolute Gasteiger partial charge is 0.480 e. The van der Waals surface area contributed by atoms with Crippen LogP contribution in [0.3, 0.4) is 0 Å². The highest BCUT2D eigenvalue weighted by Gasteiger charge is 2.11. The second-order valence-corrected chi connectivity index (χ2v) is 4.13. The van der Waals surface area contributed by atoms with Gasteiger partial charge in [-0.05, 0) is 18.9 Å². The number of carbonyl (C=O) groups excluding carboxylic acids is 1. The van der Waals surface area contributed by atoms with Gasteiger partial charge in [0.1, 0.15) is 6.54 Å². The lowest BCUT2D eigenvalue weighted by molar-refractivity contribution is -0.143. The van der Waals surface area contributed by atoms with Crippen molar-refractivity contribution in [2.75, 3.05) is 13.6 Å². The zero-order chi connectivity index (χ0) is 12.8. The number of aliphatic carboxylic acids is 1. The first-order valence-electron chi connectivity index (χ1n) is 5.50. The Morgan fingerprint density at radius 3 is 2.35 bits per heavy atom. The number of nitrogens with zero attached hydrogens (tertiary/aromatic N) is 1. The Balaban J connectivity index is 2.42. The van der Waals surface area contributed by atoms with E-state index in [1.165, 1.54) is 17.5 Å². The Kier molecular flexibility index (Phi) is 4.69. The molecule has 1 aromatic carbocycles. The number of aryl methyl sites for hydroxylation is 2. The van der Waals surface area contributed by atoms with Gasteiger partial charge in [-0.25, -0.2) is 0 Å².